The summed E-state index contributed by atoms with van der Waals surface area (Å²) in [6.07, 6.45) is 0. The Morgan fingerprint density at radius 3 is 2.30 bits per heavy atom. The zero-order chi connectivity index (χ0) is 14.2. The molecule has 0 saturated carbocycles. The Kier molecular flexibility index (Phi) is 2.90. The predicted molar refractivity (Wildman–Crippen MR) is 77.8 cm³/mol. The van der Waals surface area contributed by atoms with Crippen LogP contribution >= 0.6 is 0 Å². The Morgan fingerprint density at radius 1 is 0.800 bits per heavy atom. The van der Waals surface area contributed by atoms with E-state index in [2.05, 4.69) is 0 Å². The maximum atomic E-state index is 14.7. The molecule has 3 aromatic carbocycles. The maximum absolute atomic E-state index is 14.7. The van der Waals surface area contributed by atoms with E-state index in [4.69, 9.17) is 5.73 Å². The fraction of sp³-hybridized carbons (Fsp3) is 0.0588. The fourth-order valence-electron chi connectivity index (χ4n) is 2.39. The molecular weight excluding hydrogens is 256 g/mol. The highest BCUT2D eigenvalue weighted by Gasteiger charge is 2.35. The van der Waals surface area contributed by atoms with Crippen LogP contribution in [0.1, 0.15) is 11.1 Å². The highest BCUT2D eigenvalue weighted by molar-refractivity contribution is 5.86. The van der Waals surface area contributed by atoms with Crippen molar-refractivity contribution in [2.24, 2.45) is 0 Å². The van der Waals surface area contributed by atoms with Gasteiger partial charge in [-0.15, -0.1) is 0 Å². The van der Waals surface area contributed by atoms with E-state index in [1.165, 1.54) is 18.2 Å². The van der Waals surface area contributed by atoms with Crippen molar-refractivity contribution in [3.05, 3.63) is 77.9 Å². The number of hydrogen-bond donors (Lipinski definition) is 1. The van der Waals surface area contributed by atoms with Crippen LogP contribution in [0, 0.1) is 0 Å². The first-order valence-electron chi connectivity index (χ1n) is 6.31. The summed E-state index contributed by atoms with van der Waals surface area (Å²) in [6.45, 7) is 0. The number of nitrogens with two attached hydrogens (primary N) is 1. The molecule has 3 heteroatoms. The number of alkyl halides is 2. The van der Waals surface area contributed by atoms with Crippen LogP contribution in [0.2, 0.25) is 0 Å². The van der Waals surface area contributed by atoms with Crippen LogP contribution in [0.25, 0.3) is 10.8 Å². The van der Waals surface area contributed by atoms with Crippen molar-refractivity contribution in [2.45, 2.75) is 5.92 Å². The molecule has 2 N–H and O–H groups in total. The highest BCUT2D eigenvalue weighted by Crippen LogP contribution is 2.39. The molecule has 0 aliphatic heterocycles. The minimum Gasteiger partial charge on any atom is -0.399 e. The molecule has 0 aliphatic rings. The van der Waals surface area contributed by atoms with Crippen molar-refractivity contribution in [3.8, 4) is 0 Å². The average molecular weight is 269 g/mol. The summed E-state index contributed by atoms with van der Waals surface area (Å²) in [5.74, 6) is -3.07. The molecule has 0 fully saturated rings. The Hall–Kier alpha value is -2.42. The number of benzene rings is 3. The molecule has 0 radical (unpaired) electrons. The average Bonchev–Trinajstić information content (AvgIpc) is 2.46. The van der Waals surface area contributed by atoms with Crippen molar-refractivity contribution in [1.29, 1.82) is 0 Å². The van der Waals surface area contributed by atoms with E-state index in [0.29, 0.717) is 11.1 Å². The largest absolute Gasteiger partial charge is 0.399 e. The van der Waals surface area contributed by atoms with Crippen molar-refractivity contribution < 1.29 is 8.78 Å². The van der Waals surface area contributed by atoms with Gasteiger partial charge in [0.1, 0.15) is 0 Å². The summed E-state index contributed by atoms with van der Waals surface area (Å²) in [7, 11) is 0. The molecule has 0 spiro atoms. The molecule has 3 aromatic rings. The van der Waals surface area contributed by atoms with Crippen LogP contribution in [-0.2, 0) is 5.92 Å². The van der Waals surface area contributed by atoms with Crippen molar-refractivity contribution in [2.75, 3.05) is 5.73 Å². The van der Waals surface area contributed by atoms with Gasteiger partial charge in [0.25, 0.3) is 5.92 Å². The van der Waals surface area contributed by atoms with Crippen LogP contribution < -0.4 is 5.73 Å². The smallest absolute Gasteiger partial charge is 0.299 e. The predicted octanol–water partition coefficient (Wildman–Crippen LogP) is 4.56. The van der Waals surface area contributed by atoms with Gasteiger partial charge < -0.3 is 5.73 Å². The number of hydrogen-bond acceptors (Lipinski definition) is 1. The maximum Gasteiger partial charge on any atom is 0.299 e. The first-order valence-corrected chi connectivity index (χ1v) is 6.31. The lowest BCUT2D eigenvalue weighted by Gasteiger charge is -2.19. The molecule has 0 heterocycles. The van der Waals surface area contributed by atoms with Crippen molar-refractivity contribution in [3.63, 3.8) is 0 Å². The van der Waals surface area contributed by atoms with Gasteiger partial charge in [-0.3, -0.25) is 0 Å². The molecular formula is C17H13F2N. The summed E-state index contributed by atoms with van der Waals surface area (Å²) in [4.78, 5) is 0. The van der Waals surface area contributed by atoms with E-state index >= 15 is 0 Å². The molecule has 100 valence electrons. The minimum absolute atomic E-state index is 0.00111. The molecule has 20 heavy (non-hydrogen) atoms. The van der Waals surface area contributed by atoms with Gasteiger partial charge >= 0.3 is 0 Å². The lowest BCUT2D eigenvalue weighted by Crippen LogP contribution is -2.16. The van der Waals surface area contributed by atoms with Crippen LogP contribution in [0.3, 0.4) is 0 Å². The quantitative estimate of drug-likeness (QED) is 0.678. The Balaban J connectivity index is 2.23. The number of anilines is 1. The Labute approximate surface area is 115 Å². The molecule has 0 unspecified atom stereocenters. The van der Waals surface area contributed by atoms with Gasteiger partial charge in [-0.2, -0.15) is 8.78 Å². The van der Waals surface area contributed by atoms with Gasteiger partial charge in [0.2, 0.25) is 0 Å². The molecule has 0 bridgehead atoms. The van der Waals surface area contributed by atoms with Gasteiger partial charge in [-0.25, -0.2) is 0 Å². The molecule has 1 nitrogen and oxygen atoms in total. The van der Waals surface area contributed by atoms with E-state index in [9.17, 15) is 8.78 Å². The molecule has 0 aromatic heterocycles. The first-order chi connectivity index (χ1) is 9.59. The lowest BCUT2D eigenvalue weighted by atomic mass is 9.95. The van der Waals surface area contributed by atoms with E-state index in [1.807, 2.05) is 18.2 Å². The number of nitrogen functional groups attached to an aromatic ring is 1. The summed E-state index contributed by atoms with van der Waals surface area (Å²) in [5.41, 5.74) is 5.86. The van der Waals surface area contributed by atoms with E-state index in [-0.39, 0.29) is 11.1 Å². The summed E-state index contributed by atoms with van der Waals surface area (Å²) >= 11 is 0. The number of rotatable bonds is 2. The van der Waals surface area contributed by atoms with Crippen molar-refractivity contribution in [1.82, 2.24) is 0 Å². The van der Waals surface area contributed by atoms with E-state index in [1.54, 1.807) is 30.3 Å². The van der Waals surface area contributed by atoms with Gasteiger partial charge in [0.15, 0.2) is 0 Å². The van der Waals surface area contributed by atoms with Gasteiger partial charge in [-0.1, -0.05) is 54.6 Å². The summed E-state index contributed by atoms with van der Waals surface area (Å²) in [5, 5.41) is 1.36. The van der Waals surface area contributed by atoms with Crippen LogP contribution in [0.15, 0.2) is 66.7 Å². The van der Waals surface area contributed by atoms with Gasteiger partial charge in [-0.05, 0) is 22.9 Å². The van der Waals surface area contributed by atoms with Gasteiger partial charge in [0, 0.05) is 16.8 Å². The second kappa shape index (κ2) is 4.60. The third kappa shape index (κ3) is 2.01. The third-order valence-electron chi connectivity index (χ3n) is 3.38. The monoisotopic (exact) mass is 269 g/mol. The summed E-state index contributed by atoms with van der Waals surface area (Å²) in [6, 6.07) is 18.0. The zero-order valence-corrected chi connectivity index (χ0v) is 10.7. The van der Waals surface area contributed by atoms with Crippen molar-refractivity contribution >= 4 is 16.5 Å². The highest BCUT2D eigenvalue weighted by atomic mass is 19.3. The SMILES string of the molecule is Nc1cccc(C(F)(F)c2cccc3ccccc23)c1. The second-order valence-corrected chi connectivity index (χ2v) is 4.73. The normalized spacial score (nSPS) is 11.7. The molecule has 0 amide bonds. The number of fused-ring (bicyclic) bond motifs is 1. The molecule has 0 aliphatic carbocycles. The van der Waals surface area contributed by atoms with Crippen LogP contribution in [0.4, 0.5) is 14.5 Å². The standard InChI is InChI=1S/C17H13F2N/c18-17(19,13-7-4-8-14(20)11-13)16-10-3-6-12-5-1-2-9-15(12)16/h1-11H,20H2. The molecule has 0 atom stereocenters. The second-order valence-electron chi connectivity index (χ2n) is 4.73. The molecule has 3 rings (SSSR count). The molecule has 0 saturated heterocycles. The van der Waals surface area contributed by atoms with E-state index < -0.39 is 5.92 Å². The topological polar surface area (TPSA) is 26.0 Å². The third-order valence-corrected chi connectivity index (χ3v) is 3.38. The number of halogens is 2. The van der Waals surface area contributed by atoms with E-state index in [0.717, 1.165) is 5.39 Å². The van der Waals surface area contributed by atoms with Crippen LogP contribution in [0.5, 0.6) is 0 Å². The Bertz CT molecular complexity index is 760. The zero-order valence-electron chi connectivity index (χ0n) is 10.7. The van der Waals surface area contributed by atoms with Crippen LogP contribution in [-0.4, -0.2) is 0 Å². The van der Waals surface area contributed by atoms with Gasteiger partial charge in [0.05, 0.1) is 0 Å². The lowest BCUT2D eigenvalue weighted by molar-refractivity contribution is 0.0445. The summed E-state index contributed by atoms with van der Waals surface area (Å²) < 4.78 is 29.5. The fourth-order valence-corrected chi connectivity index (χ4v) is 2.39. The first kappa shape index (κ1) is 12.6. The Morgan fingerprint density at radius 2 is 1.50 bits per heavy atom. The minimum atomic E-state index is -3.07.